The molecule has 2 aromatic carbocycles. The lowest BCUT2D eigenvalue weighted by Crippen LogP contribution is -2.49. The molecular formula is C21H19ClN3O4. The topological polar surface area (TPSA) is 83.8 Å². The molecule has 2 amide bonds. The zero-order valence-corrected chi connectivity index (χ0v) is 16.6. The van der Waals surface area contributed by atoms with E-state index in [-0.39, 0.29) is 17.5 Å². The number of benzene rings is 2. The van der Waals surface area contributed by atoms with Gasteiger partial charge in [0.25, 0.3) is 5.69 Å². The number of rotatable bonds is 4. The van der Waals surface area contributed by atoms with Crippen LogP contribution < -0.4 is 0 Å². The van der Waals surface area contributed by atoms with Crippen LogP contribution in [0.1, 0.15) is 12.5 Å². The summed E-state index contributed by atoms with van der Waals surface area (Å²) in [6.07, 6.45) is 2.95. The third-order valence-corrected chi connectivity index (χ3v) is 5.11. The number of hydrogen-bond acceptors (Lipinski definition) is 4. The third-order valence-electron chi connectivity index (χ3n) is 4.78. The van der Waals surface area contributed by atoms with Crippen molar-refractivity contribution in [2.45, 2.75) is 6.92 Å². The van der Waals surface area contributed by atoms with Crippen LogP contribution in [0.4, 0.5) is 5.69 Å². The van der Waals surface area contributed by atoms with Crippen molar-refractivity contribution in [3.63, 3.8) is 0 Å². The molecule has 1 radical (unpaired) electrons. The lowest BCUT2D eigenvalue weighted by molar-refractivity contribution is -0.384. The predicted molar refractivity (Wildman–Crippen MR) is 110 cm³/mol. The van der Waals surface area contributed by atoms with Crippen LogP contribution in [-0.2, 0) is 9.59 Å². The zero-order chi connectivity index (χ0) is 21.0. The summed E-state index contributed by atoms with van der Waals surface area (Å²) in [6.45, 7) is 3.38. The van der Waals surface area contributed by atoms with Crippen LogP contribution in [0.5, 0.6) is 0 Å². The summed E-state index contributed by atoms with van der Waals surface area (Å²) in [4.78, 5) is 38.3. The molecule has 0 aliphatic carbocycles. The fourth-order valence-electron chi connectivity index (χ4n) is 3.24. The summed E-state index contributed by atoms with van der Waals surface area (Å²) in [7, 11) is 0. The van der Waals surface area contributed by atoms with Crippen LogP contribution >= 0.6 is 11.6 Å². The van der Waals surface area contributed by atoms with Crippen LogP contribution in [0, 0.1) is 16.2 Å². The molecule has 3 rings (SSSR count). The average molecular weight is 413 g/mol. The van der Waals surface area contributed by atoms with Gasteiger partial charge in [0.1, 0.15) is 0 Å². The molecule has 1 fully saturated rings. The van der Waals surface area contributed by atoms with E-state index in [0.717, 1.165) is 0 Å². The van der Waals surface area contributed by atoms with Gasteiger partial charge in [-0.2, -0.15) is 0 Å². The van der Waals surface area contributed by atoms with Gasteiger partial charge in [0.15, 0.2) is 0 Å². The number of nitro benzene ring substituents is 1. The Morgan fingerprint density at radius 1 is 1.14 bits per heavy atom. The first-order valence-electron chi connectivity index (χ1n) is 9.05. The number of nitro groups is 1. The first-order valence-corrected chi connectivity index (χ1v) is 9.42. The molecule has 2 aromatic rings. The van der Waals surface area contributed by atoms with E-state index < -0.39 is 4.92 Å². The lowest BCUT2D eigenvalue weighted by Gasteiger charge is -2.33. The van der Waals surface area contributed by atoms with Crippen molar-refractivity contribution in [3.05, 3.63) is 69.2 Å². The second-order valence-electron chi connectivity index (χ2n) is 6.56. The lowest BCUT2D eigenvalue weighted by atomic mass is 9.97. The largest absolute Gasteiger partial charge is 0.339 e. The summed E-state index contributed by atoms with van der Waals surface area (Å²) in [6, 6.07) is 12.6. The van der Waals surface area contributed by atoms with Gasteiger partial charge in [0, 0.05) is 49.8 Å². The maximum absolute atomic E-state index is 12.5. The van der Waals surface area contributed by atoms with Crippen molar-refractivity contribution in [1.82, 2.24) is 9.80 Å². The minimum absolute atomic E-state index is 0.00938. The molecule has 1 aliphatic rings. The predicted octanol–water partition coefficient (Wildman–Crippen LogP) is 3.42. The number of carbonyl (C=O) groups excluding carboxylic acids is 2. The van der Waals surface area contributed by atoms with E-state index in [2.05, 4.69) is 6.07 Å². The van der Waals surface area contributed by atoms with Crippen LogP contribution in [0.15, 0.2) is 42.5 Å². The standard InChI is InChI=1S/C21H19ClN3O4/c1-15(26)23-11-13-24(14-12-23)20(27)10-9-16-5-4-8-19(25(28)29)21(16)17-6-2-3-7-18(17)22/h2-7,9-10H,11-14H2,1H3/b10-9+. The second-order valence-corrected chi connectivity index (χ2v) is 6.97. The molecule has 149 valence electrons. The average Bonchev–Trinajstić information content (AvgIpc) is 2.72. The number of nitrogens with zero attached hydrogens (tertiary/aromatic N) is 3. The van der Waals surface area contributed by atoms with Crippen molar-refractivity contribution >= 4 is 35.2 Å². The van der Waals surface area contributed by atoms with E-state index in [9.17, 15) is 19.7 Å². The normalized spacial score (nSPS) is 14.3. The molecule has 0 aromatic heterocycles. The van der Waals surface area contributed by atoms with Gasteiger partial charge in [-0.25, -0.2) is 0 Å². The third kappa shape index (κ3) is 4.63. The van der Waals surface area contributed by atoms with E-state index in [1.165, 1.54) is 19.1 Å². The van der Waals surface area contributed by atoms with E-state index >= 15 is 0 Å². The summed E-state index contributed by atoms with van der Waals surface area (Å²) in [5.74, 6) is -0.223. The highest BCUT2D eigenvalue weighted by Gasteiger charge is 2.22. The molecule has 1 aliphatic heterocycles. The smallest absolute Gasteiger partial charge is 0.285 e. The second kappa shape index (κ2) is 8.87. The van der Waals surface area contributed by atoms with E-state index in [1.54, 1.807) is 46.2 Å². The molecule has 1 saturated heterocycles. The van der Waals surface area contributed by atoms with Crippen molar-refractivity contribution in [2.24, 2.45) is 0 Å². The highest BCUT2D eigenvalue weighted by atomic mass is 35.5. The van der Waals surface area contributed by atoms with Gasteiger partial charge >= 0.3 is 0 Å². The highest BCUT2D eigenvalue weighted by Crippen LogP contribution is 2.37. The van der Waals surface area contributed by atoms with Crippen molar-refractivity contribution in [2.75, 3.05) is 26.2 Å². The van der Waals surface area contributed by atoms with Crippen LogP contribution in [0.25, 0.3) is 17.2 Å². The summed E-state index contributed by atoms with van der Waals surface area (Å²) in [5.41, 5.74) is 1.11. The minimum atomic E-state index is -0.515. The number of halogens is 1. The molecule has 29 heavy (non-hydrogen) atoms. The molecule has 0 atom stereocenters. The Morgan fingerprint density at radius 3 is 2.41 bits per heavy atom. The van der Waals surface area contributed by atoms with Crippen LogP contribution in [-0.4, -0.2) is 52.7 Å². The zero-order valence-electron chi connectivity index (χ0n) is 15.8. The minimum Gasteiger partial charge on any atom is -0.339 e. The number of piperazine rings is 1. The van der Waals surface area contributed by atoms with E-state index in [1.807, 2.05) is 0 Å². The van der Waals surface area contributed by atoms with Crippen LogP contribution in [0.2, 0.25) is 5.02 Å². The van der Waals surface area contributed by atoms with E-state index in [4.69, 9.17) is 11.6 Å². The number of hydrogen-bond donors (Lipinski definition) is 0. The molecule has 0 saturated carbocycles. The highest BCUT2D eigenvalue weighted by molar-refractivity contribution is 6.33. The number of amides is 2. The van der Waals surface area contributed by atoms with Gasteiger partial charge in [-0.3, -0.25) is 19.7 Å². The van der Waals surface area contributed by atoms with Crippen molar-refractivity contribution in [3.8, 4) is 11.1 Å². The van der Waals surface area contributed by atoms with Gasteiger partial charge in [-0.15, -0.1) is 0 Å². The number of carbonyl (C=O) groups is 2. The Bertz CT molecular complexity index is 982. The van der Waals surface area contributed by atoms with Gasteiger partial charge in [-0.1, -0.05) is 35.9 Å². The van der Waals surface area contributed by atoms with E-state index in [0.29, 0.717) is 47.9 Å². The molecule has 1 heterocycles. The Morgan fingerprint density at radius 2 is 1.79 bits per heavy atom. The van der Waals surface area contributed by atoms with Gasteiger partial charge in [0.05, 0.1) is 16.6 Å². The molecular weight excluding hydrogens is 394 g/mol. The van der Waals surface area contributed by atoms with Gasteiger partial charge in [0.2, 0.25) is 11.8 Å². The van der Waals surface area contributed by atoms with Gasteiger partial charge < -0.3 is 9.80 Å². The molecule has 0 bridgehead atoms. The molecule has 0 N–H and O–H groups in total. The SMILES string of the molecule is CC(=O)N1CCN(C(=O)/C=C/c2cc[c]c([N+](=O)[O-])c2-c2ccccc2Cl)CC1. The van der Waals surface area contributed by atoms with Crippen molar-refractivity contribution < 1.29 is 14.5 Å². The monoisotopic (exact) mass is 412 g/mol. The first-order chi connectivity index (χ1) is 13.9. The Hall–Kier alpha value is -3.19. The summed E-state index contributed by atoms with van der Waals surface area (Å²) in [5, 5.41) is 11.9. The summed E-state index contributed by atoms with van der Waals surface area (Å²) >= 11 is 6.26. The fourth-order valence-corrected chi connectivity index (χ4v) is 3.47. The maximum atomic E-state index is 12.5. The van der Waals surface area contributed by atoms with Crippen molar-refractivity contribution in [1.29, 1.82) is 0 Å². The maximum Gasteiger partial charge on any atom is 0.285 e. The Balaban J connectivity index is 1.89. The summed E-state index contributed by atoms with van der Waals surface area (Å²) < 4.78 is 0. The molecule has 8 heteroatoms. The fraction of sp³-hybridized carbons (Fsp3) is 0.238. The Kier molecular flexibility index (Phi) is 6.29. The molecule has 0 unspecified atom stereocenters. The van der Waals surface area contributed by atoms with Crippen LogP contribution in [0.3, 0.4) is 0 Å². The van der Waals surface area contributed by atoms with Gasteiger partial charge in [-0.05, 0) is 23.8 Å². The quantitative estimate of drug-likeness (QED) is 0.437. The first kappa shape index (κ1) is 20.5. The molecule has 7 nitrogen and oxygen atoms in total. The Labute approximate surface area is 173 Å². The molecule has 0 spiro atoms.